The number of hydrogen-bond acceptors (Lipinski definition) is 4. The summed E-state index contributed by atoms with van der Waals surface area (Å²) in [4.78, 5) is 24.1. The molecule has 1 heterocycles. The fourth-order valence-corrected chi connectivity index (χ4v) is 8.33. The molecular formula is C26H36O4. The zero-order valence-corrected chi connectivity index (χ0v) is 19.0. The Bertz CT molecular complexity index is 838. The molecule has 3 saturated carbocycles. The Morgan fingerprint density at radius 3 is 2.73 bits per heavy atom. The number of ketones is 1. The molecule has 0 spiro atoms. The predicted molar refractivity (Wildman–Crippen MR) is 114 cm³/mol. The van der Waals surface area contributed by atoms with E-state index in [4.69, 9.17) is 9.47 Å². The first-order valence-electron chi connectivity index (χ1n) is 12.1. The number of esters is 1. The molecule has 0 unspecified atom stereocenters. The van der Waals surface area contributed by atoms with Gasteiger partial charge in [0.2, 0.25) is 0 Å². The van der Waals surface area contributed by atoms with E-state index < -0.39 is 0 Å². The molecule has 0 aromatic carbocycles. The molecule has 1 aliphatic heterocycles. The first kappa shape index (κ1) is 20.3. The number of hydrogen-bond donors (Lipinski definition) is 0. The molecule has 5 rings (SSSR count). The number of rotatable bonds is 4. The Morgan fingerprint density at radius 1 is 1.17 bits per heavy atom. The summed E-state index contributed by atoms with van der Waals surface area (Å²) in [6.07, 6.45) is 11.2. The van der Waals surface area contributed by atoms with Crippen LogP contribution >= 0.6 is 0 Å². The van der Waals surface area contributed by atoms with Crippen molar-refractivity contribution < 1.29 is 19.1 Å². The summed E-state index contributed by atoms with van der Waals surface area (Å²) in [5.74, 6) is 4.51. The van der Waals surface area contributed by atoms with Gasteiger partial charge in [-0.15, -0.1) is 0 Å². The number of fused-ring (bicyclic) bond motifs is 5. The molecule has 0 radical (unpaired) electrons. The molecule has 5 aliphatic rings. The van der Waals surface area contributed by atoms with E-state index >= 15 is 0 Å². The zero-order chi connectivity index (χ0) is 21.3. The topological polar surface area (TPSA) is 55.9 Å². The number of allylic oxidation sites excluding steroid dienone is 2. The van der Waals surface area contributed by atoms with Gasteiger partial charge in [0.15, 0.2) is 11.5 Å². The predicted octanol–water partition coefficient (Wildman–Crippen LogP) is 5.58. The van der Waals surface area contributed by atoms with E-state index in [0.717, 1.165) is 42.8 Å². The van der Waals surface area contributed by atoms with E-state index in [1.165, 1.54) is 37.7 Å². The Kier molecular flexibility index (Phi) is 4.72. The van der Waals surface area contributed by atoms with Gasteiger partial charge in [-0.25, -0.2) is 4.79 Å². The number of carbonyl (C=O) groups is 2. The third kappa shape index (κ3) is 2.85. The summed E-state index contributed by atoms with van der Waals surface area (Å²) < 4.78 is 10.8. The molecule has 0 bridgehead atoms. The fourth-order valence-electron chi connectivity index (χ4n) is 8.33. The molecule has 0 aromatic heterocycles. The van der Waals surface area contributed by atoms with Crippen molar-refractivity contribution in [2.75, 3.05) is 6.61 Å². The molecule has 0 aromatic rings. The SMILES string of the molecule is CCOC(=O)C1=C([C@@H](C)[C@H]2CC[C@H]3[C@@H]4CCC5=CC(=O)CC[C@]5(C)[C@H]4CC[C@]23C)O1. The molecule has 4 aliphatic carbocycles. The van der Waals surface area contributed by atoms with Crippen molar-refractivity contribution in [3.63, 3.8) is 0 Å². The normalized spacial score (nSPS) is 43.1. The van der Waals surface area contributed by atoms with Crippen LogP contribution in [0.25, 0.3) is 0 Å². The molecule has 0 amide bonds. The lowest BCUT2D eigenvalue weighted by molar-refractivity contribution is -0.139. The van der Waals surface area contributed by atoms with E-state index in [0.29, 0.717) is 29.5 Å². The van der Waals surface area contributed by atoms with Gasteiger partial charge in [0.1, 0.15) is 0 Å². The highest BCUT2D eigenvalue weighted by atomic mass is 16.6. The van der Waals surface area contributed by atoms with Crippen LogP contribution in [-0.4, -0.2) is 18.4 Å². The van der Waals surface area contributed by atoms with Crippen molar-refractivity contribution >= 4 is 11.8 Å². The van der Waals surface area contributed by atoms with Crippen molar-refractivity contribution in [3.8, 4) is 0 Å². The third-order valence-corrected chi connectivity index (χ3v) is 9.91. The molecule has 30 heavy (non-hydrogen) atoms. The third-order valence-electron chi connectivity index (χ3n) is 9.91. The second-order valence-corrected chi connectivity index (χ2v) is 11.0. The maximum atomic E-state index is 12.0. The van der Waals surface area contributed by atoms with E-state index in [1.54, 1.807) is 0 Å². The van der Waals surface area contributed by atoms with Gasteiger partial charge in [0.05, 0.1) is 6.61 Å². The molecule has 0 N–H and O–H groups in total. The molecular weight excluding hydrogens is 376 g/mol. The Balaban J connectivity index is 1.37. The van der Waals surface area contributed by atoms with Crippen molar-refractivity contribution in [1.29, 1.82) is 0 Å². The van der Waals surface area contributed by atoms with Crippen LogP contribution in [0.4, 0.5) is 0 Å². The average Bonchev–Trinajstić information content (AvgIpc) is 3.43. The van der Waals surface area contributed by atoms with Crippen LogP contribution in [-0.2, 0) is 19.1 Å². The zero-order valence-electron chi connectivity index (χ0n) is 19.0. The van der Waals surface area contributed by atoms with Crippen LogP contribution in [0.15, 0.2) is 23.2 Å². The van der Waals surface area contributed by atoms with E-state index in [9.17, 15) is 9.59 Å². The summed E-state index contributed by atoms with van der Waals surface area (Å²) in [7, 11) is 0. The largest absolute Gasteiger partial charge is 0.460 e. The fraction of sp³-hybridized carbons (Fsp3) is 0.769. The summed E-state index contributed by atoms with van der Waals surface area (Å²) in [5, 5.41) is 0. The van der Waals surface area contributed by atoms with Crippen LogP contribution < -0.4 is 0 Å². The molecule has 0 saturated heterocycles. The van der Waals surface area contributed by atoms with Gasteiger partial charge in [-0.05, 0) is 92.4 Å². The van der Waals surface area contributed by atoms with E-state index in [2.05, 4.69) is 20.8 Å². The summed E-state index contributed by atoms with van der Waals surface area (Å²) in [6.45, 7) is 9.45. The van der Waals surface area contributed by atoms with Crippen LogP contribution in [0.5, 0.6) is 0 Å². The second kappa shape index (κ2) is 6.97. The smallest absolute Gasteiger partial charge is 0.377 e. The monoisotopic (exact) mass is 412 g/mol. The molecule has 4 nitrogen and oxygen atoms in total. The summed E-state index contributed by atoms with van der Waals surface area (Å²) in [5.41, 5.74) is 2.00. The highest BCUT2D eigenvalue weighted by molar-refractivity contribution is 5.91. The highest BCUT2D eigenvalue weighted by Crippen LogP contribution is 2.68. The standard InChI is InChI=1S/C26H36O4/c1-5-29-24(28)23-22(30-23)15(2)19-8-9-20-18-7-6-16-14-17(27)10-12-25(16,3)21(18)11-13-26(19,20)4/h14-15,18-21H,5-13H2,1-4H3/t15-,18-,19+,20-,21-,25-,26+/m0/s1. The molecule has 7 atom stereocenters. The van der Waals surface area contributed by atoms with Gasteiger partial charge in [0.25, 0.3) is 5.76 Å². The van der Waals surface area contributed by atoms with Crippen LogP contribution in [0.3, 0.4) is 0 Å². The minimum Gasteiger partial charge on any atom is -0.460 e. The second-order valence-electron chi connectivity index (χ2n) is 11.0. The lowest BCUT2D eigenvalue weighted by Crippen LogP contribution is -2.50. The number of ether oxygens (including phenoxy) is 2. The Hall–Kier alpha value is -1.58. The van der Waals surface area contributed by atoms with Crippen LogP contribution in [0, 0.1) is 40.4 Å². The van der Waals surface area contributed by atoms with Gasteiger partial charge in [-0.3, -0.25) is 4.79 Å². The summed E-state index contributed by atoms with van der Waals surface area (Å²) in [6, 6.07) is 0. The first-order chi connectivity index (χ1) is 14.3. The highest BCUT2D eigenvalue weighted by Gasteiger charge is 2.60. The van der Waals surface area contributed by atoms with E-state index in [-0.39, 0.29) is 17.3 Å². The number of carbonyl (C=O) groups excluding carboxylic acids is 2. The van der Waals surface area contributed by atoms with Crippen molar-refractivity contribution in [2.24, 2.45) is 40.4 Å². The van der Waals surface area contributed by atoms with E-state index in [1.807, 2.05) is 13.0 Å². The van der Waals surface area contributed by atoms with Gasteiger partial charge in [0, 0.05) is 12.3 Å². The van der Waals surface area contributed by atoms with Gasteiger partial charge in [-0.2, -0.15) is 0 Å². The maximum absolute atomic E-state index is 12.0. The van der Waals surface area contributed by atoms with Gasteiger partial charge in [-0.1, -0.05) is 26.3 Å². The molecule has 4 heteroatoms. The van der Waals surface area contributed by atoms with Crippen molar-refractivity contribution in [1.82, 2.24) is 0 Å². The minimum atomic E-state index is -0.297. The van der Waals surface area contributed by atoms with Crippen LogP contribution in [0.2, 0.25) is 0 Å². The van der Waals surface area contributed by atoms with Crippen LogP contribution in [0.1, 0.15) is 79.1 Å². The van der Waals surface area contributed by atoms with Gasteiger partial charge >= 0.3 is 5.97 Å². The Labute approximate surface area is 180 Å². The minimum absolute atomic E-state index is 0.237. The molecule has 164 valence electrons. The average molecular weight is 413 g/mol. The summed E-state index contributed by atoms with van der Waals surface area (Å²) >= 11 is 0. The lowest BCUT2D eigenvalue weighted by atomic mass is 9.46. The van der Waals surface area contributed by atoms with Crippen molar-refractivity contribution in [2.45, 2.75) is 79.1 Å². The molecule has 3 fully saturated rings. The first-order valence-corrected chi connectivity index (χ1v) is 12.1. The van der Waals surface area contributed by atoms with Crippen molar-refractivity contribution in [3.05, 3.63) is 23.2 Å². The quantitative estimate of drug-likeness (QED) is 0.566. The Morgan fingerprint density at radius 2 is 1.97 bits per heavy atom. The lowest BCUT2D eigenvalue weighted by Gasteiger charge is -2.58. The van der Waals surface area contributed by atoms with Gasteiger partial charge < -0.3 is 9.47 Å². The maximum Gasteiger partial charge on any atom is 0.377 e.